The van der Waals surface area contributed by atoms with E-state index in [2.05, 4.69) is 5.32 Å². The standard InChI is InChI=1S/C11H16N2O3/c14-13(15)11-7-6-10(16-11)8-12-9-4-2-1-3-5-9/h6-7,9,12H,1-5,8H2. The van der Waals surface area contributed by atoms with Crippen molar-refractivity contribution in [2.75, 3.05) is 0 Å². The van der Waals surface area contributed by atoms with E-state index in [0.717, 1.165) is 0 Å². The third kappa shape index (κ3) is 2.82. The van der Waals surface area contributed by atoms with Gasteiger partial charge in [0.2, 0.25) is 0 Å². The Morgan fingerprint density at radius 2 is 2.12 bits per heavy atom. The van der Waals surface area contributed by atoms with Gasteiger partial charge in [0, 0.05) is 6.04 Å². The van der Waals surface area contributed by atoms with Gasteiger partial charge in [-0.3, -0.25) is 10.1 Å². The molecule has 5 nitrogen and oxygen atoms in total. The van der Waals surface area contributed by atoms with E-state index in [-0.39, 0.29) is 5.88 Å². The summed E-state index contributed by atoms with van der Waals surface area (Å²) in [5, 5.41) is 13.8. The van der Waals surface area contributed by atoms with E-state index in [0.29, 0.717) is 18.3 Å². The molecule has 1 aliphatic rings. The Kier molecular flexibility index (Phi) is 3.56. The molecule has 0 saturated heterocycles. The largest absolute Gasteiger partial charge is 0.433 e. The minimum absolute atomic E-state index is 0.180. The summed E-state index contributed by atoms with van der Waals surface area (Å²) in [7, 11) is 0. The van der Waals surface area contributed by atoms with Crippen LogP contribution < -0.4 is 5.32 Å². The smallest absolute Gasteiger partial charge is 0.404 e. The zero-order valence-electron chi connectivity index (χ0n) is 9.15. The lowest BCUT2D eigenvalue weighted by molar-refractivity contribution is -0.402. The molecule has 1 aromatic heterocycles. The van der Waals surface area contributed by atoms with Gasteiger partial charge in [0.15, 0.2) is 0 Å². The van der Waals surface area contributed by atoms with Crippen molar-refractivity contribution in [1.29, 1.82) is 0 Å². The van der Waals surface area contributed by atoms with Crippen LogP contribution in [0.4, 0.5) is 5.88 Å². The molecule has 0 atom stereocenters. The Labute approximate surface area is 94.0 Å². The topological polar surface area (TPSA) is 68.3 Å². The van der Waals surface area contributed by atoms with E-state index >= 15 is 0 Å². The highest BCUT2D eigenvalue weighted by atomic mass is 16.6. The molecule has 0 amide bonds. The molecule has 0 bridgehead atoms. The van der Waals surface area contributed by atoms with Gasteiger partial charge in [-0.05, 0) is 18.9 Å². The molecule has 0 aromatic carbocycles. The lowest BCUT2D eigenvalue weighted by atomic mass is 9.95. The molecule has 0 spiro atoms. The zero-order valence-corrected chi connectivity index (χ0v) is 9.15. The number of hydrogen-bond donors (Lipinski definition) is 1. The Morgan fingerprint density at radius 3 is 2.75 bits per heavy atom. The van der Waals surface area contributed by atoms with Crippen LogP contribution in [0.15, 0.2) is 16.5 Å². The lowest BCUT2D eigenvalue weighted by Crippen LogP contribution is -2.30. The first kappa shape index (κ1) is 11.1. The summed E-state index contributed by atoms with van der Waals surface area (Å²) >= 11 is 0. The van der Waals surface area contributed by atoms with Crippen molar-refractivity contribution in [2.24, 2.45) is 0 Å². The summed E-state index contributed by atoms with van der Waals surface area (Å²) in [5.74, 6) is 0.456. The molecular weight excluding hydrogens is 208 g/mol. The summed E-state index contributed by atoms with van der Waals surface area (Å²) in [6.07, 6.45) is 6.27. The van der Waals surface area contributed by atoms with E-state index in [9.17, 15) is 10.1 Å². The molecule has 5 heteroatoms. The first-order valence-corrected chi connectivity index (χ1v) is 5.72. The van der Waals surface area contributed by atoms with Crippen LogP contribution in [0.2, 0.25) is 0 Å². The van der Waals surface area contributed by atoms with Gasteiger partial charge in [-0.1, -0.05) is 19.3 Å². The van der Waals surface area contributed by atoms with Crippen LogP contribution in [-0.4, -0.2) is 11.0 Å². The molecule has 88 valence electrons. The van der Waals surface area contributed by atoms with E-state index in [1.54, 1.807) is 6.07 Å². The van der Waals surface area contributed by atoms with Gasteiger partial charge in [-0.15, -0.1) is 0 Å². The molecule has 1 heterocycles. The number of nitrogens with zero attached hydrogens (tertiary/aromatic N) is 1. The van der Waals surface area contributed by atoms with E-state index in [1.807, 2.05) is 0 Å². The Hall–Kier alpha value is -1.36. The van der Waals surface area contributed by atoms with Crippen LogP contribution >= 0.6 is 0 Å². The van der Waals surface area contributed by atoms with Crippen molar-refractivity contribution in [3.8, 4) is 0 Å². The monoisotopic (exact) mass is 224 g/mol. The van der Waals surface area contributed by atoms with Crippen LogP contribution in [0.1, 0.15) is 37.9 Å². The highest BCUT2D eigenvalue weighted by molar-refractivity contribution is 5.17. The van der Waals surface area contributed by atoms with Crippen molar-refractivity contribution in [3.05, 3.63) is 28.0 Å². The van der Waals surface area contributed by atoms with Crippen LogP contribution in [0.25, 0.3) is 0 Å². The number of nitrogens with one attached hydrogen (secondary N) is 1. The van der Waals surface area contributed by atoms with Gasteiger partial charge in [-0.25, -0.2) is 0 Å². The summed E-state index contributed by atoms with van der Waals surface area (Å²) in [4.78, 5) is 9.90. The van der Waals surface area contributed by atoms with E-state index < -0.39 is 4.92 Å². The first-order chi connectivity index (χ1) is 7.75. The molecule has 0 radical (unpaired) electrons. The molecule has 2 rings (SSSR count). The highest BCUT2D eigenvalue weighted by Crippen LogP contribution is 2.19. The Morgan fingerprint density at radius 1 is 1.38 bits per heavy atom. The first-order valence-electron chi connectivity index (χ1n) is 5.72. The quantitative estimate of drug-likeness (QED) is 0.630. The Balaban J connectivity index is 1.81. The van der Waals surface area contributed by atoms with Crippen molar-refractivity contribution in [1.82, 2.24) is 5.32 Å². The zero-order chi connectivity index (χ0) is 11.4. The average molecular weight is 224 g/mol. The van der Waals surface area contributed by atoms with Crippen LogP contribution in [-0.2, 0) is 6.54 Å². The molecule has 16 heavy (non-hydrogen) atoms. The Bertz CT molecular complexity index is 356. The number of nitro groups is 1. The highest BCUT2D eigenvalue weighted by Gasteiger charge is 2.15. The fraction of sp³-hybridized carbons (Fsp3) is 0.636. The molecular formula is C11H16N2O3. The summed E-state index contributed by atoms with van der Waals surface area (Å²) in [6, 6.07) is 3.60. The number of rotatable bonds is 4. The molecule has 1 aliphatic carbocycles. The normalized spacial score (nSPS) is 17.5. The van der Waals surface area contributed by atoms with Crippen molar-refractivity contribution < 1.29 is 9.34 Å². The number of furan rings is 1. The molecule has 1 aromatic rings. The third-order valence-corrected chi connectivity index (χ3v) is 3.00. The van der Waals surface area contributed by atoms with Crippen molar-refractivity contribution in [2.45, 2.75) is 44.7 Å². The van der Waals surface area contributed by atoms with E-state index in [4.69, 9.17) is 4.42 Å². The predicted molar refractivity (Wildman–Crippen MR) is 59.1 cm³/mol. The molecule has 1 N–H and O–H groups in total. The second kappa shape index (κ2) is 5.12. The average Bonchev–Trinajstić information content (AvgIpc) is 2.76. The van der Waals surface area contributed by atoms with Crippen LogP contribution in [0, 0.1) is 10.1 Å². The van der Waals surface area contributed by atoms with Crippen molar-refractivity contribution in [3.63, 3.8) is 0 Å². The lowest BCUT2D eigenvalue weighted by Gasteiger charge is -2.22. The molecule has 0 aliphatic heterocycles. The third-order valence-electron chi connectivity index (χ3n) is 3.00. The maximum Gasteiger partial charge on any atom is 0.433 e. The van der Waals surface area contributed by atoms with Gasteiger partial charge < -0.3 is 9.73 Å². The van der Waals surface area contributed by atoms with Crippen molar-refractivity contribution >= 4 is 5.88 Å². The molecule has 0 unspecified atom stereocenters. The fourth-order valence-electron chi connectivity index (χ4n) is 2.11. The van der Waals surface area contributed by atoms with E-state index in [1.165, 1.54) is 38.2 Å². The minimum atomic E-state index is -0.510. The maximum absolute atomic E-state index is 10.4. The number of hydrogen-bond acceptors (Lipinski definition) is 4. The summed E-state index contributed by atoms with van der Waals surface area (Å²) in [5.41, 5.74) is 0. The second-order valence-corrected chi connectivity index (χ2v) is 4.21. The SMILES string of the molecule is O=[N+]([O-])c1ccc(CNC2CCCCC2)o1. The maximum atomic E-state index is 10.4. The van der Waals surface area contributed by atoms with Gasteiger partial charge in [0.05, 0.1) is 12.6 Å². The summed E-state index contributed by atoms with van der Waals surface area (Å²) in [6.45, 7) is 0.582. The predicted octanol–water partition coefficient (Wildman–Crippen LogP) is 2.61. The minimum Gasteiger partial charge on any atom is -0.404 e. The van der Waals surface area contributed by atoms with Gasteiger partial charge >= 0.3 is 5.88 Å². The molecule has 1 fully saturated rings. The fourth-order valence-corrected chi connectivity index (χ4v) is 2.11. The second-order valence-electron chi connectivity index (χ2n) is 4.21. The van der Waals surface area contributed by atoms with Gasteiger partial charge in [-0.2, -0.15) is 0 Å². The van der Waals surface area contributed by atoms with Gasteiger partial charge in [0.1, 0.15) is 10.7 Å². The van der Waals surface area contributed by atoms with Crippen LogP contribution in [0.5, 0.6) is 0 Å². The summed E-state index contributed by atoms with van der Waals surface area (Å²) < 4.78 is 5.07. The van der Waals surface area contributed by atoms with Crippen LogP contribution in [0.3, 0.4) is 0 Å². The molecule has 1 saturated carbocycles. The van der Waals surface area contributed by atoms with Gasteiger partial charge in [0.25, 0.3) is 0 Å².